The predicted molar refractivity (Wildman–Crippen MR) is 93.7 cm³/mol. The molecule has 0 radical (unpaired) electrons. The van der Waals surface area contributed by atoms with E-state index in [9.17, 15) is 20.4 Å². The first kappa shape index (κ1) is 15.0. The summed E-state index contributed by atoms with van der Waals surface area (Å²) < 4.78 is 5.83. The Balaban J connectivity index is 1.79. The summed E-state index contributed by atoms with van der Waals surface area (Å²) in [6.45, 7) is 0. The zero-order valence-electron chi connectivity index (χ0n) is 13.0. The van der Waals surface area contributed by atoms with Crippen LogP contribution in [-0.4, -0.2) is 20.4 Å². The van der Waals surface area contributed by atoms with E-state index in [1.807, 2.05) is 12.1 Å². The summed E-state index contributed by atoms with van der Waals surface area (Å²) in [6, 6.07) is 16.8. The summed E-state index contributed by atoms with van der Waals surface area (Å²) in [6.07, 6.45) is 0. The SMILES string of the molecule is Oc1ccc(-c2cc3cc(-c4cc(O)c(O)c(O)c4)ccc3o2)cc1. The molecule has 1 aromatic heterocycles. The number of aromatic hydroxyl groups is 4. The molecule has 0 saturated carbocycles. The van der Waals surface area contributed by atoms with Gasteiger partial charge in [-0.25, -0.2) is 0 Å². The Hall–Kier alpha value is -3.60. The summed E-state index contributed by atoms with van der Waals surface area (Å²) in [5, 5.41) is 39.1. The van der Waals surface area contributed by atoms with Gasteiger partial charge in [-0.2, -0.15) is 0 Å². The fourth-order valence-electron chi connectivity index (χ4n) is 2.76. The van der Waals surface area contributed by atoms with Crippen molar-refractivity contribution in [2.24, 2.45) is 0 Å². The number of phenolic OH excluding ortho intramolecular Hbond substituents is 4. The van der Waals surface area contributed by atoms with Gasteiger partial charge in [-0.15, -0.1) is 0 Å². The van der Waals surface area contributed by atoms with Gasteiger partial charge in [0, 0.05) is 10.9 Å². The molecule has 3 aromatic carbocycles. The molecule has 0 aliphatic heterocycles. The summed E-state index contributed by atoms with van der Waals surface area (Å²) in [4.78, 5) is 0. The van der Waals surface area contributed by atoms with E-state index >= 15 is 0 Å². The van der Waals surface area contributed by atoms with Gasteiger partial charge in [0.1, 0.15) is 17.1 Å². The Kier molecular flexibility index (Phi) is 3.28. The topological polar surface area (TPSA) is 94.1 Å². The van der Waals surface area contributed by atoms with Crippen molar-refractivity contribution in [1.82, 2.24) is 0 Å². The Bertz CT molecular complexity index is 1050. The molecule has 1 heterocycles. The average Bonchev–Trinajstić information content (AvgIpc) is 3.03. The maximum absolute atomic E-state index is 9.68. The van der Waals surface area contributed by atoms with E-state index in [2.05, 4.69) is 0 Å². The molecule has 0 fully saturated rings. The van der Waals surface area contributed by atoms with E-state index in [0.717, 1.165) is 16.5 Å². The number of hydrogen-bond acceptors (Lipinski definition) is 5. The third-order valence-electron chi connectivity index (χ3n) is 4.07. The van der Waals surface area contributed by atoms with Crippen molar-refractivity contribution < 1.29 is 24.8 Å². The van der Waals surface area contributed by atoms with Crippen LogP contribution in [0.25, 0.3) is 33.4 Å². The molecule has 0 bridgehead atoms. The van der Waals surface area contributed by atoms with Gasteiger partial charge in [-0.05, 0) is 65.7 Å². The van der Waals surface area contributed by atoms with Gasteiger partial charge >= 0.3 is 0 Å². The van der Waals surface area contributed by atoms with Crippen molar-refractivity contribution in [2.75, 3.05) is 0 Å². The molecule has 4 N–H and O–H groups in total. The van der Waals surface area contributed by atoms with Gasteiger partial charge in [0.15, 0.2) is 17.2 Å². The van der Waals surface area contributed by atoms with Crippen LogP contribution in [0.1, 0.15) is 0 Å². The van der Waals surface area contributed by atoms with Gasteiger partial charge in [0.2, 0.25) is 0 Å². The Morgan fingerprint density at radius 2 is 1.24 bits per heavy atom. The molecule has 0 aliphatic rings. The Morgan fingerprint density at radius 3 is 1.92 bits per heavy atom. The van der Waals surface area contributed by atoms with Crippen molar-refractivity contribution in [2.45, 2.75) is 0 Å². The number of furan rings is 1. The fourth-order valence-corrected chi connectivity index (χ4v) is 2.76. The first-order valence-electron chi connectivity index (χ1n) is 7.59. The zero-order valence-corrected chi connectivity index (χ0v) is 13.0. The van der Waals surface area contributed by atoms with E-state index in [1.165, 1.54) is 12.1 Å². The molecule has 4 aromatic rings. The lowest BCUT2D eigenvalue weighted by Gasteiger charge is -2.06. The molecule has 0 aliphatic carbocycles. The van der Waals surface area contributed by atoms with Crippen molar-refractivity contribution in [3.05, 3.63) is 60.7 Å². The first-order chi connectivity index (χ1) is 12.0. The largest absolute Gasteiger partial charge is 0.508 e. The molecule has 0 amide bonds. The van der Waals surface area contributed by atoms with E-state index < -0.39 is 5.75 Å². The minimum Gasteiger partial charge on any atom is -0.508 e. The molecule has 124 valence electrons. The first-order valence-corrected chi connectivity index (χ1v) is 7.59. The van der Waals surface area contributed by atoms with Crippen LogP contribution in [0.5, 0.6) is 23.0 Å². The summed E-state index contributed by atoms with van der Waals surface area (Å²) in [7, 11) is 0. The molecule has 0 atom stereocenters. The van der Waals surface area contributed by atoms with Gasteiger partial charge < -0.3 is 24.8 Å². The number of rotatable bonds is 2. The van der Waals surface area contributed by atoms with Crippen LogP contribution in [0.3, 0.4) is 0 Å². The lowest BCUT2D eigenvalue weighted by Crippen LogP contribution is -1.79. The van der Waals surface area contributed by atoms with E-state index in [0.29, 0.717) is 16.9 Å². The van der Waals surface area contributed by atoms with Gasteiger partial charge in [-0.3, -0.25) is 0 Å². The van der Waals surface area contributed by atoms with Gasteiger partial charge in [0.25, 0.3) is 0 Å². The Labute approximate surface area is 142 Å². The maximum Gasteiger partial charge on any atom is 0.200 e. The monoisotopic (exact) mass is 334 g/mol. The summed E-state index contributed by atoms with van der Waals surface area (Å²) >= 11 is 0. The lowest BCUT2D eigenvalue weighted by molar-refractivity contribution is 0.368. The minimum atomic E-state index is -0.539. The van der Waals surface area contributed by atoms with E-state index in [1.54, 1.807) is 36.4 Å². The molecule has 4 rings (SSSR count). The number of phenols is 4. The van der Waals surface area contributed by atoms with Crippen molar-refractivity contribution in [3.63, 3.8) is 0 Å². The zero-order chi connectivity index (χ0) is 17.6. The normalized spacial score (nSPS) is 11.0. The average molecular weight is 334 g/mol. The van der Waals surface area contributed by atoms with Crippen LogP contribution in [0.2, 0.25) is 0 Å². The fraction of sp³-hybridized carbons (Fsp3) is 0. The van der Waals surface area contributed by atoms with E-state index in [-0.39, 0.29) is 17.2 Å². The number of hydrogen-bond donors (Lipinski definition) is 4. The molecule has 5 nitrogen and oxygen atoms in total. The summed E-state index contributed by atoms with van der Waals surface area (Å²) in [5.41, 5.74) is 2.87. The maximum atomic E-state index is 9.68. The highest BCUT2D eigenvalue weighted by Crippen LogP contribution is 2.40. The molecule has 0 unspecified atom stereocenters. The van der Waals surface area contributed by atoms with Crippen LogP contribution in [0.15, 0.2) is 65.1 Å². The Morgan fingerprint density at radius 1 is 0.600 bits per heavy atom. The molecule has 5 heteroatoms. The van der Waals surface area contributed by atoms with Crippen LogP contribution in [-0.2, 0) is 0 Å². The predicted octanol–water partition coefficient (Wildman–Crippen LogP) is 4.59. The molecular formula is C20H14O5. The second-order valence-corrected chi connectivity index (χ2v) is 5.77. The third kappa shape index (κ3) is 2.61. The molecule has 0 spiro atoms. The van der Waals surface area contributed by atoms with Gasteiger partial charge in [0.05, 0.1) is 0 Å². The highest BCUT2D eigenvalue weighted by molar-refractivity contribution is 5.87. The van der Waals surface area contributed by atoms with Crippen LogP contribution in [0, 0.1) is 0 Å². The number of benzene rings is 3. The van der Waals surface area contributed by atoms with Crippen LogP contribution in [0.4, 0.5) is 0 Å². The van der Waals surface area contributed by atoms with Crippen LogP contribution < -0.4 is 0 Å². The number of fused-ring (bicyclic) bond motifs is 1. The highest BCUT2D eigenvalue weighted by atomic mass is 16.3. The van der Waals surface area contributed by atoms with E-state index in [4.69, 9.17) is 4.42 Å². The second kappa shape index (κ2) is 5.49. The quantitative estimate of drug-likeness (QED) is 0.402. The lowest BCUT2D eigenvalue weighted by atomic mass is 10.0. The van der Waals surface area contributed by atoms with Crippen molar-refractivity contribution in [1.29, 1.82) is 0 Å². The molecule has 25 heavy (non-hydrogen) atoms. The van der Waals surface area contributed by atoms with Crippen LogP contribution >= 0.6 is 0 Å². The second-order valence-electron chi connectivity index (χ2n) is 5.77. The third-order valence-corrected chi connectivity index (χ3v) is 4.07. The molecule has 0 saturated heterocycles. The standard InChI is InChI=1S/C20H14O5/c21-15-4-1-11(2-5-15)19-10-14-7-12(3-6-18(14)25-19)13-8-16(22)20(24)17(23)9-13/h1-10,21-24H. The minimum absolute atomic E-state index is 0.189. The molecular weight excluding hydrogens is 320 g/mol. The summed E-state index contributed by atoms with van der Waals surface area (Å²) in [5.74, 6) is -0.445. The highest BCUT2D eigenvalue weighted by Gasteiger charge is 2.12. The van der Waals surface area contributed by atoms with Gasteiger partial charge in [-0.1, -0.05) is 6.07 Å². The smallest absolute Gasteiger partial charge is 0.200 e. The van der Waals surface area contributed by atoms with Crippen molar-refractivity contribution in [3.8, 4) is 45.4 Å². The van der Waals surface area contributed by atoms with Crippen molar-refractivity contribution >= 4 is 11.0 Å².